The number of ether oxygens (including phenoxy) is 5. The SMILES string of the molecule is CC(=O)O[C@H]1[C@H](OC(C)=O)C(Oc2ccc(C(C)(C)C)cc2C#N)OC[C@H]1OC(C)=O. The standard InChI is InChI=1S/C22H27NO8/c1-12(24)28-18-11-27-21(20(30-14(3)26)19(18)29-13(2)25)31-17-8-7-16(22(4,5)6)9-15(17)10-23/h7-9,18-21H,11H2,1-6H3/t18-,19-,20+,21?/m1/s1. The number of nitrogens with zero attached hydrogens (tertiary/aromatic N) is 1. The fraction of sp³-hybridized carbons (Fsp3) is 0.545. The van der Waals surface area contributed by atoms with Crippen molar-refractivity contribution >= 4 is 17.9 Å². The third-order valence-corrected chi connectivity index (χ3v) is 4.51. The molecule has 1 unspecified atom stereocenters. The normalized spacial score (nSPS) is 23.3. The molecule has 2 rings (SSSR count). The number of rotatable bonds is 5. The van der Waals surface area contributed by atoms with Gasteiger partial charge in [-0.2, -0.15) is 5.26 Å². The topological polar surface area (TPSA) is 121 Å². The van der Waals surface area contributed by atoms with Crippen molar-refractivity contribution in [3.63, 3.8) is 0 Å². The zero-order valence-corrected chi connectivity index (χ0v) is 18.5. The van der Waals surface area contributed by atoms with Gasteiger partial charge in [0.15, 0.2) is 12.2 Å². The number of carbonyl (C=O) groups is 3. The summed E-state index contributed by atoms with van der Waals surface area (Å²) in [5.41, 5.74) is 1.03. The van der Waals surface area contributed by atoms with Gasteiger partial charge >= 0.3 is 17.9 Å². The van der Waals surface area contributed by atoms with E-state index in [1.54, 1.807) is 12.1 Å². The summed E-state index contributed by atoms with van der Waals surface area (Å²) in [6.07, 6.45) is -4.58. The average Bonchev–Trinajstić information content (AvgIpc) is 2.64. The van der Waals surface area contributed by atoms with Gasteiger partial charge in [0.05, 0.1) is 12.2 Å². The molecule has 1 fully saturated rings. The molecule has 9 nitrogen and oxygen atoms in total. The molecular formula is C22H27NO8. The molecule has 31 heavy (non-hydrogen) atoms. The average molecular weight is 433 g/mol. The smallest absolute Gasteiger partial charge is 0.303 e. The number of nitriles is 1. The number of hydrogen-bond donors (Lipinski definition) is 0. The Bertz CT molecular complexity index is 882. The molecule has 1 aromatic rings. The van der Waals surface area contributed by atoms with Crippen molar-refractivity contribution in [2.45, 2.75) is 71.6 Å². The van der Waals surface area contributed by atoms with Crippen molar-refractivity contribution in [3.05, 3.63) is 29.3 Å². The summed E-state index contributed by atoms with van der Waals surface area (Å²) >= 11 is 0. The highest BCUT2D eigenvalue weighted by atomic mass is 16.7. The Hall–Kier alpha value is -3.12. The summed E-state index contributed by atoms with van der Waals surface area (Å²) in [5, 5.41) is 9.58. The van der Waals surface area contributed by atoms with Crippen LogP contribution in [0.3, 0.4) is 0 Å². The van der Waals surface area contributed by atoms with Gasteiger partial charge in [-0.25, -0.2) is 0 Å². The lowest BCUT2D eigenvalue weighted by molar-refractivity contribution is -0.259. The van der Waals surface area contributed by atoms with E-state index >= 15 is 0 Å². The molecule has 1 aliphatic rings. The Morgan fingerprint density at radius 3 is 2.10 bits per heavy atom. The van der Waals surface area contributed by atoms with E-state index in [4.69, 9.17) is 23.7 Å². The lowest BCUT2D eigenvalue weighted by Crippen LogP contribution is -2.59. The maximum Gasteiger partial charge on any atom is 0.303 e. The molecular weight excluding hydrogens is 406 g/mol. The molecule has 0 radical (unpaired) electrons. The van der Waals surface area contributed by atoms with Crippen LogP contribution in [0.25, 0.3) is 0 Å². The van der Waals surface area contributed by atoms with Crippen molar-refractivity contribution in [2.75, 3.05) is 6.61 Å². The van der Waals surface area contributed by atoms with E-state index < -0.39 is 42.5 Å². The molecule has 1 saturated heterocycles. The Morgan fingerprint density at radius 1 is 1.00 bits per heavy atom. The van der Waals surface area contributed by atoms with E-state index in [1.807, 2.05) is 26.8 Å². The molecule has 4 atom stereocenters. The summed E-state index contributed by atoms with van der Waals surface area (Å²) in [4.78, 5) is 34.8. The van der Waals surface area contributed by atoms with Crippen LogP contribution in [-0.2, 0) is 38.7 Å². The second kappa shape index (κ2) is 9.79. The summed E-state index contributed by atoms with van der Waals surface area (Å²) in [5.74, 6) is -1.74. The zero-order chi connectivity index (χ0) is 23.3. The van der Waals surface area contributed by atoms with Crippen LogP contribution in [-0.4, -0.2) is 49.1 Å². The fourth-order valence-electron chi connectivity index (χ4n) is 3.12. The van der Waals surface area contributed by atoms with Crippen molar-refractivity contribution in [3.8, 4) is 11.8 Å². The predicted molar refractivity (Wildman–Crippen MR) is 107 cm³/mol. The molecule has 1 aromatic carbocycles. The van der Waals surface area contributed by atoms with Crippen LogP contribution in [0.4, 0.5) is 0 Å². The Morgan fingerprint density at radius 2 is 1.58 bits per heavy atom. The number of benzene rings is 1. The van der Waals surface area contributed by atoms with Gasteiger partial charge < -0.3 is 23.7 Å². The van der Waals surface area contributed by atoms with Gasteiger partial charge in [-0.15, -0.1) is 0 Å². The largest absolute Gasteiger partial charge is 0.459 e. The van der Waals surface area contributed by atoms with E-state index in [-0.39, 0.29) is 23.3 Å². The maximum atomic E-state index is 11.7. The first-order valence-corrected chi connectivity index (χ1v) is 9.77. The number of esters is 3. The highest BCUT2D eigenvalue weighted by Gasteiger charge is 2.48. The third kappa shape index (κ3) is 6.43. The van der Waals surface area contributed by atoms with E-state index in [9.17, 15) is 19.6 Å². The summed E-state index contributed by atoms with van der Waals surface area (Å²) in [6.45, 7) is 9.44. The van der Waals surface area contributed by atoms with Crippen LogP contribution in [0.2, 0.25) is 0 Å². The highest BCUT2D eigenvalue weighted by molar-refractivity contribution is 5.68. The molecule has 0 saturated carbocycles. The minimum absolute atomic E-state index is 0.165. The van der Waals surface area contributed by atoms with Crippen molar-refractivity contribution in [2.24, 2.45) is 0 Å². The first kappa shape index (κ1) is 24.2. The van der Waals surface area contributed by atoms with Crippen LogP contribution < -0.4 is 4.74 Å². The quantitative estimate of drug-likeness (QED) is 0.509. The fourth-order valence-corrected chi connectivity index (χ4v) is 3.12. The Labute approximate surface area is 181 Å². The monoisotopic (exact) mass is 433 g/mol. The Kier molecular flexibility index (Phi) is 7.63. The van der Waals surface area contributed by atoms with Crippen LogP contribution >= 0.6 is 0 Å². The molecule has 0 N–H and O–H groups in total. The first-order valence-electron chi connectivity index (χ1n) is 9.77. The van der Waals surface area contributed by atoms with E-state index in [1.165, 1.54) is 20.8 Å². The van der Waals surface area contributed by atoms with Gasteiger partial charge in [-0.1, -0.05) is 26.8 Å². The lowest BCUT2D eigenvalue weighted by atomic mass is 9.86. The van der Waals surface area contributed by atoms with Crippen LogP contribution in [0.15, 0.2) is 18.2 Å². The molecule has 0 spiro atoms. The molecule has 168 valence electrons. The number of carbonyl (C=O) groups excluding carboxylic acids is 3. The van der Waals surface area contributed by atoms with Crippen LogP contribution in [0, 0.1) is 11.3 Å². The minimum atomic E-state index is -1.23. The molecule has 0 aliphatic carbocycles. The van der Waals surface area contributed by atoms with Gasteiger partial charge in [0, 0.05) is 20.8 Å². The molecule has 1 heterocycles. The second-order valence-corrected chi connectivity index (χ2v) is 8.19. The van der Waals surface area contributed by atoms with Crippen molar-refractivity contribution in [1.29, 1.82) is 5.26 Å². The number of hydrogen-bond acceptors (Lipinski definition) is 9. The van der Waals surface area contributed by atoms with Gasteiger partial charge in [-0.3, -0.25) is 14.4 Å². The van der Waals surface area contributed by atoms with Crippen molar-refractivity contribution in [1.82, 2.24) is 0 Å². The van der Waals surface area contributed by atoms with E-state index in [0.717, 1.165) is 5.56 Å². The summed E-state index contributed by atoms with van der Waals surface area (Å²) < 4.78 is 27.3. The zero-order valence-electron chi connectivity index (χ0n) is 18.5. The second-order valence-electron chi connectivity index (χ2n) is 8.19. The lowest BCUT2D eigenvalue weighted by Gasteiger charge is -2.40. The van der Waals surface area contributed by atoms with E-state index in [2.05, 4.69) is 6.07 Å². The molecule has 0 amide bonds. The molecule has 1 aliphatic heterocycles. The molecule has 9 heteroatoms. The molecule has 0 aromatic heterocycles. The van der Waals surface area contributed by atoms with Crippen LogP contribution in [0.1, 0.15) is 52.7 Å². The van der Waals surface area contributed by atoms with Gasteiger partial charge in [0.25, 0.3) is 0 Å². The summed E-state index contributed by atoms with van der Waals surface area (Å²) in [7, 11) is 0. The maximum absolute atomic E-state index is 11.7. The molecule has 0 bridgehead atoms. The predicted octanol–water partition coefficient (Wildman–Crippen LogP) is 2.39. The highest BCUT2D eigenvalue weighted by Crippen LogP contribution is 2.31. The minimum Gasteiger partial charge on any atom is -0.459 e. The van der Waals surface area contributed by atoms with Gasteiger partial charge in [0.2, 0.25) is 12.4 Å². The third-order valence-electron chi connectivity index (χ3n) is 4.51. The first-order chi connectivity index (χ1) is 14.4. The van der Waals surface area contributed by atoms with Gasteiger partial charge in [0.1, 0.15) is 11.8 Å². The van der Waals surface area contributed by atoms with Crippen molar-refractivity contribution < 1.29 is 38.1 Å². The summed E-state index contributed by atoms with van der Waals surface area (Å²) in [6, 6.07) is 7.26. The van der Waals surface area contributed by atoms with Crippen LogP contribution in [0.5, 0.6) is 5.75 Å². The Balaban J connectivity index is 2.38. The van der Waals surface area contributed by atoms with E-state index in [0.29, 0.717) is 0 Å². The van der Waals surface area contributed by atoms with Gasteiger partial charge in [-0.05, 0) is 23.1 Å².